The summed E-state index contributed by atoms with van der Waals surface area (Å²) < 4.78 is 0. The van der Waals surface area contributed by atoms with Crippen LogP contribution in [0.1, 0.15) is 0 Å². The van der Waals surface area contributed by atoms with Crippen molar-refractivity contribution >= 4 is 9.24 Å². The number of rotatable bonds is 0. The minimum Gasteiger partial charge on any atom is -0.126 e. The van der Waals surface area contributed by atoms with E-state index in [2.05, 4.69) is 33.5 Å². The standard InChI is InChI=1S/C5H7P.Ru/c6-5-3-1-2-4-5;/h1-5H,6H2;. The fourth-order valence-corrected chi connectivity index (χ4v) is 0.706. The molecule has 1 aliphatic rings. The SMILES string of the molecule is PC1C=CC=C1.[Ru]. The molecule has 0 aromatic heterocycles. The molecule has 1 atom stereocenters. The summed E-state index contributed by atoms with van der Waals surface area (Å²) in [5.74, 6) is 0. The van der Waals surface area contributed by atoms with Crippen LogP contribution < -0.4 is 0 Å². The Labute approximate surface area is 59.0 Å². The maximum Gasteiger partial charge on any atom is 0.00987 e. The van der Waals surface area contributed by atoms with Gasteiger partial charge in [0.25, 0.3) is 0 Å². The second-order valence-electron chi connectivity index (χ2n) is 1.35. The van der Waals surface area contributed by atoms with Crippen LogP contribution in [-0.4, -0.2) is 5.66 Å². The average Bonchev–Trinajstić information content (AvgIpc) is 1.86. The number of hydrogen-bond donors (Lipinski definition) is 0. The maximum atomic E-state index is 2.70. The van der Waals surface area contributed by atoms with Gasteiger partial charge in [-0.25, -0.2) is 0 Å². The molecule has 1 rings (SSSR count). The Kier molecular flexibility index (Phi) is 3.79. The third kappa shape index (κ3) is 2.37. The molecular formula is C5H7PRu. The number of hydrogen-bond acceptors (Lipinski definition) is 0. The molecule has 2 heteroatoms. The van der Waals surface area contributed by atoms with Gasteiger partial charge in [-0.15, -0.1) is 9.24 Å². The van der Waals surface area contributed by atoms with Crippen molar-refractivity contribution in [3.8, 4) is 0 Å². The third-order valence-electron chi connectivity index (χ3n) is 0.778. The van der Waals surface area contributed by atoms with Crippen molar-refractivity contribution in [2.45, 2.75) is 5.66 Å². The van der Waals surface area contributed by atoms with Gasteiger partial charge in [0.05, 0.1) is 0 Å². The molecular weight excluding hydrogens is 192 g/mol. The largest absolute Gasteiger partial charge is 0.126 e. The minimum absolute atomic E-state index is 0. The van der Waals surface area contributed by atoms with Crippen LogP contribution in [0.15, 0.2) is 24.3 Å². The van der Waals surface area contributed by atoms with Crippen molar-refractivity contribution < 1.29 is 19.5 Å². The molecule has 0 N–H and O–H groups in total. The van der Waals surface area contributed by atoms with Crippen molar-refractivity contribution in [1.29, 1.82) is 0 Å². The van der Waals surface area contributed by atoms with E-state index in [1.54, 1.807) is 0 Å². The van der Waals surface area contributed by atoms with E-state index < -0.39 is 0 Å². The summed E-state index contributed by atoms with van der Waals surface area (Å²) >= 11 is 0. The molecule has 0 radical (unpaired) electrons. The van der Waals surface area contributed by atoms with Gasteiger partial charge in [-0.2, -0.15) is 0 Å². The first kappa shape index (κ1) is 7.53. The molecule has 0 nitrogen and oxygen atoms in total. The van der Waals surface area contributed by atoms with Gasteiger partial charge < -0.3 is 0 Å². The number of allylic oxidation sites excluding steroid dienone is 4. The Balaban J connectivity index is 0.000000360. The summed E-state index contributed by atoms with van der Waals surface area (Å²) in [5.41, 5.74) is 0.602. The summed E-state index contributed by atoms with van der Waals surface area (Å²) in [4.78, 5) is 0. The van der Waals surface area contributed by atoms with Crippen LogP contribution in [-0.2, 0) is 19.5 Å². The molecule has 0 aromatic rings. The van der Waals surface area contributed by atoms with Crippen LogP contribution in [0.2, 0.25) is 0 Å². The van der Waals surface area contributed by atoms with Crippen LogP contribution in [0.4, 0.5) is 0 Å². The first-order valence-corrected chi connectivity index (χ1v) is 2.67. The normalized spacial score (nSPS) is 17.3. The Morgan fingerprint density at radius 3 is 1.71 bits per heavy atom. The molecule has 1 aliphatic carbocycles. The molecule has 1 unspecified atom stereocenters. The predicted molar refractivity (Wildman–Crippen MR) is 31.8 cm³/mol. The summed E-state index contributed by atoms with van der Waals surface area (Å²) in [7, 11) is 2.70. The molecule has 0 heterocycles. The van der Waals surface area contributed by atoms with Crippen LogP contribution in [0.25, 0.3) is 0 Å². The van der Waals surface area contributed by atoms with E-state index in [1.165, 1.54) is 0 Å². The van der Waals surface area contributed by atoms with Crippen molar-refractivity contribution in [1.82, 2.24) is 0 Å². The average molecular weight is 199 g/mol. The van der Waals surface area contributed by atoms with Gasteiger partial charge in [0.1, 0.15) is 0 Å². The summed E-state index contributed by atoms with van der Waals surface area (Å²) in [5, 5.41) is 0. The molecule has 0 saturated carbocycles. The van der Waals surface area contributed by atoms with Gasteiger partial charge in [-0.3, -0.25) is 0 Å². The molecule has 0 fully saturated rings. The predicted octanol–water partition coefficient (Wildman–Crippen LogP) is 1.35. The van der Waals surface area contributed by atoms with Crippen LogP contribution in [0.3, 0.4) is 0 Å². The molecule has 0 spiro atoms. The van der Waals surface area contributed by atoms with Crippen molar-refractivity contribution in [3.05, 3.63) is 24.3 Å². The minimum atomic E-state index is 0. The maximum absolute atomic E-state index is 2.70. The Bertz CT molecular complexity index is 84.3. The third-order valence-corrected chi connectivity index (χ3v) is 1.22. The molecule has 0 aromatic carbocycles. The van der Waals surface area contributed by atoms with Gasteiger partial charge in [0, 0.05) is 25.1 Å². The molecule has 7 heavy (non-hydrogen) atoms. The van der Waals surface area contributed by atoms with Crippen molar-refractivity contribution in [2.24, 2.45) is 0 Å². The van der Waals surface area contributed by atoms with Crippen LogP contribution >= 0.6 is 9.24 Å². The van der Waals surface area contributed by atoms with E-state index in [1.807, 2.05) is 0 Å². The van der Waals surface area contributed by atoms with E-state index in [0.29, 0.717) is 5.66 Å². The van der Waals surface area contributed by atoms with E-state index in [9.17, 15) is 0 Å². The molecule has 0 bridgehead atoms. The van der Waals surface area contributed by atoms with Crippen molar-refractivity contribution in [2.75, 3.05) is 0 Å². The zero-order chi connectivity index (χ0) is 4.41. The fourth-order valence-electron chi connectivity index (χ4n) is 0.449. The zero-order valence-electron chi connectivity index (χ0n) is 3.82. The first-order chi connectivity index (χ1) is 2.89. The molecule has 0 saturated heterocycles. The quantitative estimate of drug-likeness (QED) is 0.408. The monoisotopic (exact) mass is 200 g/mol. The first-order valence-electron chi connectivity index (χ1n) is 2.00. The van der Waals surface area contributed by atoms with Crippen molar-refractivity contribution in [3.63, 3.8) is 0 Å². The van der Waals surface area contributed by atoms with Gasteiger partial charge in [-0.1, -0.05) is 24.3 Å². The summed E-state index contributed by atoms with van der Waals surface area (Å²) in [6, 6.07) is 0. The summed E-state index contributed by atoms with van der Waals surface area (Å²) in [6.45, 7) is 0. The van der Waals surface area contributed by atoms with Gasteiger partial charge in [0.2, 0.25) is 0 Å². The van der Waals surface area contributed by atoms with E-state index in [4.69, 9.17) is 0 Å². The van der Waals surface area contributed by atoms with Gasteiger partial charge >= 0.3 is 0 Å². The molecule has 0 amide bonds. The second kappa shape index (κ2) is 3.52. The summed E-state index contributed by atoms with van der Waals surface area (Å²) in [6.07, 6.45) is 8.37. The van der Waals surface area contributed by atoms with E-state index >= 15 is 0 Å². The van der Waals surface area contributed by atoms with Crippen LogP contribution in [0.5, 0.6) is 0 Å². The van der Waals surface area contributed by atoms with Gasteiger partial charge in [0.15, 0.2) is 0 Å². The topological polar surface area (TPSA) is 0 Å². The van der Waals surface area contributed by atoms with E-state index in [-0.39, 0.29) is 19.5 Å². The fraction of sp³-hybridized carbons (Fsp3) is 0.200. The Hall–Kier alpha value is 0.533. The Morgan fingerprint density at radius 2 is 1.57 bits per heavy atom. The van der Waals surface area contributed by atoms with Gasteiger partial charge in [-0.05, 0) is 0 Å². The second-order valence-corrected chi connectivity index (χ2v) is 2.12. The van der Waals surface area contributed by atoms with Crippen LogP contribution in [0, 0.1) is 0 Å². The molecule has 0 aliphatic heterocycles. The Morgan fingerprint density at radius 1 is 1.14 bits per heavy atom. The van der Waals surface area contributed by atoms with E-state index in [0.717, 1.165) is 0 Å². The smallest absolute Gasteiger partial charge is 0.00987 e. The zero-order valence-corrected chi connectivity index (χ0v) is 6.71. The molecule has 40 valence electrons.